The number of aromatic amines is 2. The van der Waals surface area contributed by atoms with E-state index in [-0.39, 0.29) is 11.5 Å². The Morgan fingerprint density at radius 1 is 1.36 bits per heavy atom. The Kier molecular flexibility index (Phi) is 4.94. The fraction of sp³-hybridized carbons (Fsp3) is 0.462. The molecule has 0 aliphatic carbocycles. The van der Waals surface area contributed by atoms with Crippen LogP contribution in [0.1, 0.15) is 18.3 Å². The third kappa shape index (κ3) is 3.77. The third-order valence-electron chi connectivity index (χ3n) is 3.74. The summed E-state index contributed by atoms with van der Waals surface area (Å²) in [6, 6.07) is 1.91. The van der Waals surface area contributed by atoms with Crippen LogP contribution in [0.25, 0.3) is 0 Å². The van der Waals surface area contributed by atoms with Crippen LogP contribution in [0.2, 0.25) is 0 Å². The minimum atomic E-state index is -0.489. The highest BCUT2D eigenvalue weighted by Gasteiger charge is 2.24. The van der Waals surface area contributed by atoms with Crippen LogP contribution in [-0.4, -0.2) is 67.6 Å². The van der Waals surface area contributed by atoms with Gasteiger partial charge >= 0.3 is 0 Å². The number of piperazine rings is 1. The van der Waals surface area contributed by atoms with Gasteiger partial charge in [0.15, 0.2) is 22.4 Å². The van der Waals surface area contributed by atoms with Gasteiger partial charge in [0.1, 0.15) is 6.07 Å². The molecule has 0 atom stereocenters. The maximum Gasteiger partial charge on any atom is 0.271 e. The van der Waals surface area contributed by atoms with Gasteiger partial charge in [-0.2, -0.15) is 10.5 Å². The number of hydrogen-bond donors (Lipinski definition) is 2. The lowest BCUT2D eigenvalue weighted by Gasteiger charge is -2.35. The zero-order valence-corrected chi connectivity index (χ0v) is 14.2. The molecule has 11 nitrogen and oxygen atoms in total. The summed E-state index contributed by atoms with van der Waals surface area (Å²) in [6.45, 7) is 3.61. The van der Waals surface area contributed by atoms with Crippen molar-refractivity contribution in [2.24, 2.45) is 0 Å². The second kappa shape index (κ2) is 7.31. The molecule has 130 valence electrons. The van der Waals surface area contributed by atoms with E-state index in [0.29, 0.717) is 48.7 Å². The maximum absolute atomic E-state index is 12.2. The van der Waals surface area contributed by atoms with Gasteiger partial charge in [0.2, 0.25) is 5.91 Å². The fourth-order valence-corrected chi connectivity index (χ4v) is 3.15. The van der Waals surface area contributed by atoms with Gasteiger partial charge in [-0.25, -0.2) is 4.98 Å². The Balaban J connectivity index is 1.81. The predicted octanol–water partition coefficient (Wildman–Crippen LogP) is -0.885. The summed E-state index contributed by atoms with van der Waals surface area (Å²) in [7, 11) is 0. The molecule has 1 fully saturated rings. The number of anilines is 1. The molecule has 2 aromatic rings. The van der Waals surface area contributed by atoms with E-state index in [9.17, 15) is 14.9 Å². The van der Waals surface area contributed by atoms with Crippen molar-refractivity contribution in [3.05, 3.63) is 21.7 Å². The lowest BCUT2D eigenvalue weighted by molar-refractivity contribution is -0.129. The lowest BCUT2D eigenvalue weighted by atomic mass is 10.2. The molecule has 0 saturated carbocycles. The van der Waals surface area contributed by atoms with Crippen LogP contribution < -0.4 is 10.5 Å². The summed E-state index contributed by atoms with van der Waals surface area (Å²) in [6.07, 6.45) is 0. The highest BCUT2D eigenvalue weighted by molar-refractivity contribution is 7.98. The summed E-state index contributed by atoms with van der Waals surface area (Å²) < 4.78 is 0. The topological polar surface area (TPSA) is 148 Å². The molecule has 0 radical (unpaired) electrons. The average molecular weight is 361 g/mol. The molecule has 1 aliphatic heterocycles. The van der Waals surface area contributed by atoms with E-state index in [1.807, 2.05) is 11.0 Å². The normalized spacial score (nSPS) is 14.4. The monoisotopic (exact) mass is 361 g/mol. The van der Waals surface area contributed by atoms with Crippen LogP contribution in [0.4, 0.5) is 5.82 Å². The first-order chi connectivity index (χ1) is 12.1. The number of hydrogen-bond acceptors (Lipinski definition) is 9. The Morgan fingerprint density at radius 2 is 2.12 bits per heavy atom. The van der Waals surface area contributed by atoms with Crippen molar-refractivity contribution in [3.63, 3.8) is 0 Å². The first-order valence-corrected chi connectivity index (χ1v) is 8.47. The lowest BCUT2D eigenvalue weighted by Crippen LogP contribution is -2.49. The number of nitriles is 1. The number of carbonyl (C=O) groups is 1. The van der Waals surface area contributed by atoms with E-state index in [0.717, 1.165) is 0 Å². The molecule has 1 aliphatic rings. The second-order valence-electron chi connectivity index (χ2n) is 5.29. The van der Waals surface area contributed by atoms with Crippen LogP contribution in [0.15, 0.2) is 9.95 Å². The van der Waals surface area contributed by atoms with Crippen LogP contribution in [0.3, 0.4) is 0 Å². The summed E-state index contributed by atoms with van der Waals surface area (Å²) in [4.78, 5) is 34.2. The average Bonchev–Trinajstić information content (AvgIpc) is 3.13. The van der Waals surface area contributed by atoms with E-state index < -0.39 is 5.56 Å². The van der Waals surface area contributed by atoms with Crippen molar-refractivity contribution in [2.75, 3.05) is 31.1 Å². The molecule has 3 rings (SSSR count). The molecule has 1 amide bonds. The van der Waals surface area contributed by atoms with Gasteiger partial charge in [-0.05, 0) is 0 Å². The van der Waals surface area contributed by atoms with Crippen LogP contribution in [0, 0.1) is 11.3 Å². The fourth-order valence-electron chi connectivity index (χ4n) is 2.45. The van der Waals surface area contributed by atoms with Gasteiger partial charge in [0, 0.05) is 33.1 Å². The summed E-state index contributed by atoms with van der Waals surface area (Å²) in [5.41, 5.74) is -0.516. The Bertz CT molecular complexity index is 849. The summed E-state index contributed by atoms with van der Waals surface area (Å²) in [5.74, 6) is 1.21. The minimum Gasteiger partial charge on any atom is -0.352 e. The maximum atomic E-state index is 12.2. The van der Waals surface area contributed by atoms with E-state index in [4.69, 9.17) is 0 Å². The summed E-state index contributed by atoms with van der Waals surface area (Å²) in [5, 5.41) is 23.2. The van der Waals surface area contributed by atoms with E-state index >= 15 is 0 Å². The highest BCUT2D eigenvalue weighted by Crippen LogP contribution is 2.22. The number of amides is 1. The van der Waals surface area contributed by atoms with Crippen LogP contribution in [0.5, 0.6) is 0 Å². The van der Waals surface area contributed by atoms with Gasteiger partial charge in [-0.15, -0.1) is 10.2 Å². The van der Waals surface area contributed by atoms with Crippen molar-refractivity contribution in [1.29, 1.82) is 5.26 Å². The number of thioether (sulfide) groups is 1. The van der Waals surface area contributed by atoms with Gasteiger partial charge in [-0.1, -0.05) is 17.0 Å². The Morgan fingerprint density at radius 3 is 2.72 bits per heavy atom. The predicted molar refractivity (Wildman–Crippen MR) is 87.8 cm³/mol. The Hall–Kier alpha value is -2.94. The molecule has 12 heteroatoms. The van der Waals surface area contributed by atoms with Crippen molar-refractivity contribution >= 4 is 23.5 Å². The van der Waals surface area contributed by atoms with E-state index in [1.165, 1.54) is 18.7 Å². The van der Waals surface area contributed by atoms with Gasteiger partial charge in [0.05, 0.1) is 5.75 Å². The Labute approximate surface area is 146 Å². The number of carbonyl (C=O) groups excluding carboxylic acids is 1. The van der Waals surface area contributed by atoms with Gasteiger partial charge < -0.3 is 14.8 Å². The largest absolute Gasteiger partial charge is 0.352 e. The first-order valence-electron chi connectivity index (χ1n) is 7.48. The van der Waals surface area contributed by atoms with E-state index in [1.54, 1.807) is 4.90 Å². The van der Waals surface area contributed by atoms with Crippen LogP contribution in [-0.2, 0) is 10.5 Å². The minimum absolute atomic E-state index is 0.00961. The quantitative estimate of drug-likeness (QED) is 0.523. The number of nitrogens with one attached hydrogen (secondary N) is 2. The summed E-state index contributed by atoms with van der Waals surface area (Å²) >= 11 is 1.24. The molecule has 3 heterocycles. The molecule has 25 heavy (non-hydrogen) atoms. The molecule has 0 unspecified atom stereocenters. The van der Waals surface area contributed by atoms with Crippen LogP contribution >= 0.6 is 11.8 Å². The van der Waals surface area contributed by atoms with Crippen molar-refractivity contribution in [3.8, 4) is 6.07 Å². The number of aromatic nitrogens is 6. The molecule has 0 aromatic carbocycles. The zero-order valence-electron chi connectivity index (χ0n) is 13.4. The molecule has 1 saturated heterocycles. The highest BCUT2D eigenvalue weighted by atomic mass is 32.2. The number of H-pyrrole nitrogens is 2. The molecule has 0 spiro atoms. The molecule has 2 aromatic heterocycles. The molecular formula is C13H15N9O2S. The number of tetrazole rings is 1. The zero-order chi connectivity index (χ0) is 17.8. The molecule has 0 bridgehead atoms. The first kappa shape index (κ1) is 16.9. The van der Waals surface area contributed by atoms with E-state index in [2.05, 4.69) is 30.6 Å². The second-order valence-corrected chi connectivity index (χ2v) is 6.26. The third-order valence-corrected chi connectivity index (χ3v) is 4.61. The van der Waals surface area contributed by atoms with Crippen molar-refractivity contribution in [1.82, 2.24) is 35.5 Å². The number of nitrogens with zero attached hydrogens (tertiary/aromatic N) is 7. The molecule has 2 N–H and O–H groups in total. The van der Waals surface area contributed by atoms with Gasteiger partial charge in [0.25, 0.3) is 5.56 Å². The standard InChI is InChI=1S/C13H15N9O2S/c1-8(23)21-2-4-22(5-3-21)11-9(6-14)12(24)16-13(15-11)25-7-10-17-19-20-18-10/h2-5,7H2,1H3,(H,15,16,24)(H,17,18,19,20). The van der Waals surface area contributed by atoms with Crippen molar-refractivity contribution in [2.45, 2.75) is 17.8 Å². The van der Waals surface area contributed by atoms with Crippen molar-refractivity contribution < 1.29 is 4.79 Å². The van der Waals surface area contributed by atoms with Gasteiger partial charge in [-0.3, -0.25) is 9.59 Å². The smallest absolute Gasteiger partial charge is 0.271 e. The molecular weight excluding hydrogens is 346 g/mol. The number of rotatable bonds is 4. The SMILES string of the molecule is CC(=O)N1CCN(c2nc(SCc3nn[nH]n3)[nH]c(=O)c2C#N)CC1.